The summed E-state index contributed by atoms with van der Waals surface area (Å²) in [5.74, 6) is -0.974. The van der Waals surface area contributed by atoms with E-state index in [0.29, 0.717) is 0 Å². The van der Waals surface area contributed by atoms with E-state index in [1.54, 1.807) is 12.1 Å². The van der Waals surface area contributed by atoms with Crippen LogP contribution in [-0.4, -0.2) is 8.42 Å². The Morgan fingerprint density at radius 3 is 2.32 bits per heavy atom. The van der Waals surface area contributed by atoms with Crippen molar-refractivity contribution in [2.45, 2.75) is 17.6 Å². The highest BCUT2D eigenvalue weighted by Crippen LogP contribution is 2.20. The number of aryl methyl sites for hydroxylation is 1. The van der Waals surface area contributed by atoms with Gasteiger partial charge in [0.25, 0.3) is 0 Å². The highest BCUT2D eigenvalue weighted by molar-refractivity contribution is 7.90. The molecular weight excluding hydrogens is 265 g/mol. The molecule has 5 heteroatoms. The zero-order valence-corrected chi connectivity index (χ0v) is 11.2. The molecule has 0 aromatic heterocycles. The van der Waals surface area contributed by atoms with Crippen LogP contribution in [0.15, 0.2) is 47.4 Å². The summed E-state index contributed by atoms with van der Waals surface area (Å²) in [7, 11) is -3.55. The van der Waals surface area contributed by atoms with Crippen LogP contribution < -0.4 is 5.73 Å². The Morgan fingerprint density at radius 1 is 1.11 bits per heavy atom. The first-order valence-corrected chi connectivity index (χ1v) is 7.37. The maximum Gasteiger partial charge on any atom is 0.182 e. The fraction of sp³-hybridized carbons (Fsp3) is 0.143. The van der Waals surface area contributed by atoms with E-state index in [2.05, 4.69) is 0 Å². The zero-order chi connectivity index (χ0) is 14.0. The van der Waals surface area contributed by atoms with Crippen molar-refractivity contribution in [2.75, 3.05) is 5.73 Å². The summed E-state index contributed by atoms with van der Waals surface area (Å²) >= 11 is 0. The predicted molar refractivity (Wildman–Crippen MR) is 72.9 cm³/mol. The second-order valence-electron chi connectivity index (χ2n) is 4.42. The Labute approximate surface area is 111 Å². The van der Waals surface area contributed by atoms with Gasteiger partial charge in [-0.25, -0.2) is 12.8 Å². The molecule has 0 spiro atoms. The van der Waals surface area contributed by atoms with Gasteiger partial charge in [0.05, 0.1) is 10.6 Å². The van der Waals surface area contributed by atoms with Crippen molar-refractivity contribution in [2.24, 2.45) is 0 Å². The summed E-state index contributed by atoms with van der Waals surface area (Å²) in [4.78, 5) is 0.189. The predicted octanol–water partition coefficient (Wildman–Crippen LogP) is 2.69. The van der Waals surface area contributed by atoms with Crippen molar-refractivity contribution >= 4 is 15.5 Å². The first-order valence-electron chi connectivity index (χ1n) is 5.72. The number of hydrogen-bond donors (Lipinski definition) is 1. The summed E-state index contributed by atoms with van der Waals surface area (Å²) in [6, 6.07) is 10.5. The first-order chi connectivity index (χ1) is 8.88. The molecule has 0 aliphatic rings. The van der Waals surface area contributed by atoms with E-state index in [9.17, 15) is 12.8 Å². The highest BCUT2D eigenvalue weighted by Gasteiger charge is 2.17. The lowest BCUT2D eigenvalue weighted by Gasteiger charge is -2.06. The van der Waals surface area contributed by atoms with E-state index in [4.69, 9.17) is 5.73 Å². The van der Waals surface area contributed by atoms with Gasteiger partial charge in [0.1, 0.15) is 5.82 Å². The molecule has 0 aliphatic carbocycles. The van der Waals surface area contributed by atoms with Gasteiger partial charge in [-0.05, 0) is 31.2 Å². The van der Waals surface area contributed by atoms with Gasteiger partial charge in [-0.1, -0.05) is 23.8 Å². The van der Waals surface area contributed by atoms with E-state index in [1.807, 2.05) is 6.92 Å². The summed E-state index contributed by atoms with van der Waals surface area (Å²) in [6.45, 7) is 1.87. The Hall–Kier alpha value is -1.88. The smallest absolute Gasteiger partial charge is 0.182 e. The molecule has 0 atom stereocenters. The number of nitrogen functional groups attached to an aromatic ring is 1. The molecule has 0 aliphatic heterocycles. The molecule has 0 saturated carbocycles. The number of rotatable bonds is 3. The van der Waals surface area contributed by atoms with Crippen molar-refractivity contribution in [3.63, 3.8) is 0 Å². The Morgan fingerprint density at radius 2 is 1.74 bits per heavy atom. The van der Waals surface area contributed by atoms with Crippen LogP contribution in [0.1, 0.15) is 11.1 Å². The van der Waals surface area contributed by atoms with E-state index in [1.165, 1.54) is 24.3 Å². The third kappa shape index (κ3) is 3.12. The second-order valence-corrected chi connectivity index (χ2v) is 6.41. The minimum atomic E-state index is -3.55. The van der Waals surface area contributed by atoms with Gasteiger partial charge in [-0.2, -0.15) is 0 Å². The van der Waals surface area contributed by atoms with Crippen molar-refractivity contribution in [3.8, 4) is 0 Å². The number of halogens is 1. The molecule has 19 heavy (non-hydrogen) atoms. The summed E-state index contributed by atoms with van der Waals surface area (Å²) in [5, 5.41) is 0. The van der Waals surface area contributed by atoms with Crippen LogP contribution in [0.5, 0.6) is 0 Å². The minimum absolute atomic E-state index is 0.120. The van der Waals surface area contributed by atoms with Crippen molar-refractivity contribution in [1.29, 1.82) is 0 Å². The standard InChI is InChI=1S/C14H14FNO2S/c1-10-2-6-13(7-3-10)19(17,18)9-11-4-5-12(16)8-14(11)15/h2-8H,9,16H2,1H3. The molecule has 0 fully saturated rings. The van der Waals surface area contributed by atoms with E-state index in [0.717, 1.165) is 11.6 Å². The Kier molecular flexibility index (Phi) is 3.57. The van der Waals surface area contributed by atoms with Crippen molar-refractivity contribution in [1.82, 2.24) is 0 Å². The van der Waals surface area contributed by atoms with Gasteiger partial charge in [0, 0.05) is 11.3 Å². The maximum atomic E-state index is 13.6. The summed E-state index contributed by atoms with van der Waals surface area (Å²) in [6.07, 6.45) is 0. The normalized spacial score (nSPS) is 11.5. The Bertz CT molecular complexity index is 694. The van der Waals surface area contributed by atoms with Gasteiger partial charge >= 0.3 is 0 Å². The van der Waals surface area contributed by atoms with Crippen molar-refractivity contribution in [3.05, 3.63) is 59.4 Å². The van der Waals surface area contributed by atoms with Crippen LogP contribution in [0, 0.1) is 12.7 Å². The zero-order valence-electron chi connectivity index (χ0n) is 10.4. The van der Waals surface area contributed by atoms with E-state index < -0.39 is 15.7 Å². The molecule has 0 unspecified atom stereocenters. The maximum absolute atomic E-state index is 13.6. The molecule has 2 aromatic carbocycles. The highest BCUT2D eigenvalue weighted by atomic mass is 32.2. The molecule has 0 radical (unpaired) electrons. The number of anilines is 1. The molecule has 2 rings (SSSR count). The lowest BCUT2D eigenvalue weighted by Crippen LogP contribution is -2.06. The average molecular weight is 279 g/mol. The van der Waals surface area contributed by atoms with Crippen molar-refractivity contribution < 1.29 is 12.8 Å². The molecule has 2 N–H and O–H groups in total. The molecule has 0 amide bonds. The van der Waals surface area contributed by atoms with Crippen LogP contribution in [0.25, 0.3) is 0 Å². The van der Waals surface area contributed by atoms with E-state index >= 15 is 0 Å². The topological polar surface area (TPSA) is 60.2 Å². The Balaban J connectivity index is 2.33. The lowest BCUT2D eigenvalue weighted by molar-refractivity contribution is 0.587. The van der Waals surface area contributed by atoms with Crippen LogP contribution in [0.4, 0.5) is 10.1 Å². The molecule has 0 bridgehead atoms. The molecule has 100 valence electrons. The van der Waals surface area contributed by atoms with Gasteiger partial charge in [-0.15, -0.1) is 0 Å². The largest absolute Gasteiger partial charge is 0.399 e. The summed E-state index contributed by atoms with van der Waals surface area (Å²) < 4.78 is 37.9. The molecule has 2 aromatic rings. The minimum Gasteiger partial charge on any atom is -0.399 e. The second kappa shape index (κ2) is 5.01. The molecule has 0 saturated heterocycles. The number of nitrogens with two attached hydrogens (primary N) is 1. The fourth-order valence-corrected chi connectivity index (χ4v) is 3.08. The van der Waals surface area contributed by atoms with Crippen LogP contribution in [-0.2, 0) is 15.6 Å². The molecule has 3 nitrogen and oxygen atoms in total. The number of benzene rings is 2. The van der Waals surface area contributed by atoms with Crippen LogP contribution in [0.3, 0.4) is 0 Å². The summed E-state index contributed by atoms with van der Waals surface area (Å²) in [5.41, 5.74) is 6.79. The van der Waals surface area contributed by atoms with Gasteiger partial charge in [-0.3, -0.25) is 0 Å². The fourth-order valence-electron chi connectivity index (χ4n) is 1.71. The van der Waals surface area contributed by atoms with Crippen LogP contribution >= 0.6 is 0 Å². The quantitative estimate of drug-likeness (QED) is 0.879. The van der Waals surface area contributed by atoms with Gasteiger partial charge in [0.15, 0.2) is 9.84 Å². The third-order valence-electron chi connectivity index (χ3n) is 2.80. The number of sulfone groups is 1. The number of hydrogen-bond acceptors (Lipinski definition) is 3. The van der Waals surface area contributed by atoms with E-state index in [-0.39, 0.29) is 21.9 Å². The lowest BCUT2D eigenvalue weighted by atomic mass is 10.2. The average Bonchev–Trinajstić information content (AvgIpc) is 2.33. The monoisotopic (exact) mass is 279 g/mol. The van der Waals surface area contributed by atoms with Gasteiger partial charge in [0.2, 0.25) is 0 Å². The van der Waals surface area contributed by atoms with Crippen LogP contribution in [0.2, 0.25) is 0 Å². The first kappa shape index (κ1) is 13.5. The molecular formula is C14H14FNO2S. The third-order valence-corrected chi connectivity index (χ3v) is 4.48. The molecule has 0 heterocycles. The SMILES string of the molecule is Cc1ccc(S(=O)(=O)Cc2ccc(N)cc2F)cc1. The van der Waals surface area contributed by atoms with Gasteiger partial charge < -0.3 is 5.73 Å².